The zero-order chi connectivity index (χ0) is 19.6. The summed E-state index contributed by atoms with van der Waals surface area (Å²) in [6.07, 6.45) is 7.74. The van der Waals surface area contributed by atoms with Crippen LogP contribution in [-0.4, -0.2) is 25.6 Å². The number of benzene rings is 2. The van der Waals surface area contributed by atoms with E-state index in [1.165, 1.54) is 37.1 Å². The van der Waals surface area contributed by atoms with Crippen LogP contribution in [0.5, 0.6) is 5.75 Å². The van der Waals surface area contributed by atoms with Gasteiger partial charge in [0.2, 0.25) is 5.91 Å². The predicted molar refractivity (Wildman–Crippen MR) is 113 cm³/mol. The van der Waals surface area contributed by atoms with Gasteiger partial charge in [0.15, 0.2) is 0 Å². The Morgan fingerprint density at radius 3 is 2.50 bits per heavy atom. The summed E-state index contributed by atoms with van der Waals surface area (Å²) in [5.41, 5.74) is 3.49. The lowest BCUT2D eigenvalue weighted by Gasteiger charge is -2.15. The topological polar surface area (TPSA) is 42.8 Å². The minimum absolute atomic E-state index is 0.0877. The minimum Gasteiger partial charge on any atom is -0.490 e. The van der Waals surface area contributed by atoms with Gasteiger partial charge in [0.25, 0.3) is 0 Å². The van der Waals surface area contributed by atoms with Crippen molar-refractivity contribution in [2.45, 2.75) is 25.9 Å². The highest BCUT2D eigenvalue weighted by Gasteiger charge is 2.17. The maximum absolute atomic E-state index is 12.2. The van der Waals surface area contributed by atoms with Gasteiger partial charge < -0.3 is 15.0 Å². The van der Waals surface area contributed by atoms with Gasteiger partial charge in [-0.25, -0.2) is 0 Å². The Morgan fingerprint density at radius 2 is 1.79 bits per heavy atom. The van der Waals surface area contributed by atoms with Gasteiger partial charge in [-0.15, -0.1) is 0 Å². The van der Waals surface area contributed by atoms with Gasteiger partial charge in [0, 0.05) is 31.0 Å². The Balaban J connectivity index is 1.51. The summed E-state index contributed by atoms with van der Waals surface area (Å²) in [6, 6.07) is 16.0. The van der Waals surface area contributed by atoms with Crippen LogP contribution >= 0.6 is 0 Å². The number of ether oxygens (including phenoxy) is 1. The van der Waals surface area contributed by atoms with Crippen molar-refractivity contribution >= 4 is 12.0 Å². The molecule has 0 spiro atoms. The maximum Gasteiger partial charge on any atom is 0.244 e. The van der Waals surface area contributed by atoms with Crippen LogP contribution in [0, 0.1) is 0 Å². The Kier molecular flexibility index (Phi) is 7.44. The highest BCUT2D eigenvalue weighted by molar-refractivity contribution is 5.91. The van der Waals surface area contributed by atoms with Crippen LogP contribution in [0.1, 0.15) is 29.5 Å². The minimum atomic E-state index is -0.0877. The van der Waals surface area contributed by atoms with Crippen molar-refractivity contribution in [3.8, 4) is 5.75 Å². The lowest BCUT2D eigenvalue weighted by Crippen LogP contribution is -3.08. The second-order valence-electron chi connectivity index (χ2n) is 7.12. The molecule has 2 N–H and O–H groups in total. The zero-order valence-electron chi connectivity index (χ0n) is 16.3. The van der Waals surface area contributed by atoms with E-state index in [4.69, 9.17) is 4.74 Å². The Labute approximate surface area is 167 Å². The van der Waals surface area contributed by atoms with Crippen LogP contribution in [-0.2, 0) is 17.9 Å². The molecule has 0 atom stereocenters. The van der Waals surface area contributed by atoms with E-state index in [1.807, 2.05) is 36.4 Å². The van der Waals surface area contributed by atoms with E-state index < -0.39 is 0 Å². The van der Waals surface area contributed by atoms with Crippen LogP contribution in [0.25, 0.3) is 6.08 Å². The SMILES string of the molecule is C=CCOc1ccc(/C=C/C(=O)NCc2ccccc2C[NH+]2CCCC2)cc1. The monoisotopic (exact) mass is 377 g/mol. The summed E-state index contributed by atoms with van der Waals surface area (Å²) in [7, 11) is 0. The first kappa shape index (κ1) is 19.9. The van der Waals surface area contributed by atoms with Crippen molar-refractivity contribution in [2.75, 3.05) is 19.7 Å². The molecule has 28 heavy (non-hydrogen) atoms. The molecule has 0 radical (unpaired) electrons. The first-order valence-corrected chi connectivity index (χ1v) is 9.94. The van der Waals surface area contributed by atoms with Gasteiger partial charge >= 0.3 is 0 Å². The highest BCUT2D eigenvalue weighted by atomic mass is 16.5. The smallest absolute Gasteiger partial charge is 0.244 e. The van der Waals surface area contributed by atoms with Crippen molar-refractivity contribution in [3.63, 3.8) is 0 Å². The molecule has 3 rings (SSSR count). The molecule has 0 saturated carbocycles. The Hall–Kier alpha value is -2.85. The maximum atomic E-state index is 12.2. The largest absolute Gasteiger partial charge is 0.490 e. The number of rotatable bonds is 9. The van der Waals surface area contributed by atoms with Crippen LogP contribution < -0.4 is 15.0 Å². The molecule has 1 aliphatic rings. The molecule has 2 aromatic carbocycles. The van der Waals surface area contributed by atoms with Crippen LogP contribution in [0.4, 0.5) is 0 Å². The van der Waals surface area contributed by atoms with E-state index in [1.54, 1.807) is 17.1 Å². The number of nitrogens with one attached hydrogen (secondary N) is 2. The number of carbonyl (C=O) groups is 1. The molecule has 146 valence electrons. The third-order valence-electron chi connectivity index (χ3n) is 5.00. The summed E-state index contributed by atoms with van der Waals surface area (Å²) in [6.45, 7) is 8.22. The molecular weight excluding hydrogens is 348 g/mol. The molecule has 0 unspecified atom stereocenters. The average Bonchev–Trinajstić information content (AvgIpc) is 3.24. The van der Waals surface area contributed by atoms with Crippen LogP contribution in [0.3, 0.4) is 0 Å². The lowest BCUT2D eigenvalue weighted by molar-refractivity contribution is -0.901. The number of hydrogen-bond donors (Lipinski definition) is 2. The number of amides is 1. The fraction of sp³-hybridized carbons (Fsp3) is 0.292. The van der Waals surface area contributed by atoms with Crippen LogP contribution in [0.2, 0.25) is 0 Å². The fourth-order valence-corrected chi connectivity index (χ4v) is 3.47. The lowest BCUT2D eigenvalue weighted by atomic mass is 10.1. The molecule has 1 aliphatic heterocycles. The molecule has 1 amide bonds. The number of quaternary nitrogens is 1. The number of likely N-dealkylation sites (tertiary alicyclic amines) is 1. The van der Waals surface area contributed by atoms with Crippen molar-refractivity contribution in [1.82, 2.24) is 5.32 Å². The number of hydrogen-bond acceptors (Lipinski definition) is 2. The first-order valence-electron chi connectivity index (χ1n) is 9.94. The predicted octanol–water partition coefficient (Wildman–Crippen LogP) is 2.76. The quantitative estimate of drug-likeness (QED) is 0.521. The van der Waals surface area contributed by atoms with Crippen molar-refractivity contribution in [2.24, 2.45) is 0 Å². The van der Waals surface area contributed by atoms with Crippen LogP contribution in [0.15, 0.2) is 67.3 Å². The average molecular weight is 378 g/mol. The van der Waals surface area contributed by atoms with E-state index >= 15 is 0 Å². The molecule has 0 aromatic heterocycles. The summed E-state index contributed by atoms with van der Waals surface area (Å²) in [5, 5.41) is 3.00. The third-order valence-corrected chi connectivity index (χ3v) is 5.00. The molecule has 0 aliphatic carbocycles. The van der Waals surface area contributed by atoms with E-state index in [9.17, 15) is 4.79 Å². The van der Waals surface area contributed by atoms with Gasteiger partial charge in [-0.2, -0.15) is 0 Å². The summed E-state index contributed by atoms with van der Waals surface area (Å²) >= 11 is 0. The van der Waals surface area contributed by atoms with Gasteiger partial charge in [0.1, 0.15) is 18.9 Å². The van der Waals surface area contributed by atoms with E-state index in [-0.39, 0.29) is 5.91 Å². The highest BCUT2D eigenvalue weighted by Crippen LogP contribution is 2.13. The third kappa shape index (κ3) is 6.10. The molecule has 2 aromatic rings. The molecule has 1 heterocycles. The molecule has 1 fully saturated rings. The number of carbonyl (C=O) groups excluding carboxylic acids is 1. The fourth-order valence-electron chi connectivity index (χ4n) is 3.47. The second-order valence-corrected chi connectivity index (χ2v) is 7.12. The summed E-state index contributed by atoms with van der Waals surface area (Å²) < 4.78 is 5.46. The summed E-state index contributed by atoms with van der Waals surface area (Å²) in [4.78, 5) is 13.9. The van der Waals surface area contributed by atoms with Gasteiger partial charge in [-0.05, 0) is 29.3 Å². The standard InChI is InChI=1S/C24H28N2O2/c1-2-17-28-23-12-9-20(10-13-23)11-14-24(27)25-18-21-7-3-4-8-22(21)19-26-15-5-6-16-26/h2-4,7-14H,1,5-6,15-19H2,(H,25,27)/p+1/b14-11+. The Morgan fingerprint density at radius 1 is 1.07 bits per heavy atom. The molecule has 4 heteroatoms. The van der Waals surface area contributed by atoms with Gasteiger partial charge in [-0.1, -0.05) is 49.1 Å². The molecule has 4 nitrogen and oxygen atoms in total. The van der Waals surface area contributed by atoms with E-state index in [2.05, 4.69) is 30.1 Å². The molecular formula is C24H29N2O2+. The van der Waals surface area contributed by atoms with Crippen molar-refractivity contribution < 1.29 is 14.4 Å². The van der Waals surface area contributed by atoms with Gasteiger partial charge in [-0.3, -0.25) is 4.79 Å². The zero-order valence-corrected chi connectivity index (χ0v) is 16.3. The van der Waals surface area contributed by atoms with Crippen molar-refractivity contribution in [1.29, 1.82) is 0 Å². The Bertz CT molecular complexity index is 806. The summed E-state index contributed by atoms with van der Waals surface area (Å²) in [5.74, 6) is 0.702. The van der Waals surface area contributed by atoms with Crippen molar-refractivity contribution in [3.05, 3.63) is 84.0 Å². The van der Waals surface area contributed by atoms with Gasteiger partial charge in [0.05, 0.1) is 13.1 Å². The van der Waals surface area contributed by atoms with E-state index in [0.29, 0.717) is 13.2 Å². The molecule has 1 saturated heterocycles. The second kappa shape index (κ2) is 10.5. The van der Waals surface area contributed by atoms with E-state index in [0.717, 1.165) is 17.9 Å². The molecule has 0 bridgehead atoms. The first-order chi connectivity index (χ1) is 13.7. The normalized spacial score (nSPS) is 14.3.